The van der Waals surface area contributed by atoms with Gasteiger partial charge in [0.15, 0.2) is 6.10 Å². The summed E-state index contributed by atoms with van der Waals surface area (Å²) in [6.07, 6.45) is 1.41. The van der Waals surface area contributed by atoms with E-state index in [0.717, 1.165) is 24.1 Å². The molecule has 2 rings (SSSR count). The van der Waals surface area contributed by atoms with Crippen LogP contribution in [0.5, 0.6) is 5.75 Å². The van der Waals surface area contributed by atoms with E-state index in [2.05, 4.69) is 29.6 Å². The van der Waals surface area contributed by atoms with Crippen molar-refractivity contribution in [2.24, 2.45) is 5.10 Å². The lowest BCUT2D eigenvalue weighted by Crippen LogP contribution is -2.34. The summed E-state index contributed by atoms with van der Waals surface area (Å²) >= 11 is 11.9. The van der Waals surface area contributed by atoms with Crippen molar-refractivity contribution in [1.29, 1.82) is 0 Å². The first kappa shape index (κ1) is 20.3. The molecule has 4 nitrogen and oxygen atoms in total. The molecule has 2 aromatic carbocycles. The van der Waals surface area contributed by atoms with Gasteiger partial charge in [0.1, 0.15) is 5.75 Å². The number of nitrogens with one attached hydrogen (secondary N) is 1. The summed E-state index contributed by atoms with van der Waals surface area (Å²) in [6.45, 7) is 5.62. The second-order valence-corrected chi connectivity index (χ2v) is 6.80. The molecule has 138 valence electrons. The lowest BCUT2D eigenvalue weighted by Gasteiger charge is -2.14. The molecule has 0 saturated heterocycles. The summed E-state index contributed by atoms with van der Waals surface area (Å²) in [5.74, 6) is 0.0314. The van der Waals surface area contributed by atoms with Crippen molar-refractivity contribution in [2.75, 3.05) is 0 Å². The summed E-state index contributed by atoms with van der Waals surface area (Å²) in [7, 11) is 0. The van der Waals surface area contributed by atoms with E-state index < -0.39 is 6.10 Å². The molecule has 0 aromatic heterocycles. The number of aryl methyl sites for hydroxylation is 1. The van der Waals surface area contributed by atoms with E-state index >= 15 is 0 Å². The summed E-state index contributed by atoms with van der Waals surface area (Å²) < 4.78 is 5.57. The van der Waals surface area contributed by atoms with E-state index in [0.29, 0.717) is 15.8 Å². The van der Waals surface area contributed by atoms with Crippen molar-refractivity contribution in [2.45, 2.75) is 39.7 Å². The lowest BCUT2D eigenvalue weighted by atomic mass is 10.1. The van der Waals surface area contributed by atoms with Crippen molar-refractivity contribution < 1.29 is 9.53 Å². The third-order valence-electron chi connectivity index (χ3n) is 3.81. The highest BCUT2D eigenvalue weighted by Crippen LogP contribution is 2.28. The quantitative estimate of drug-likeness (QED) is 0.516. The van der Waals surface area contributed by atoms with Crippen LogP contribution in [0, 0.1) is 0 Å². The first-order valence-electron chi connectivity index (χ1n) is 8.46. The molecule has 0 aliphatic rings. The minimum Gasteiger partial charge on any atom is -0.479 e. The maximum atomic E-state index is 12.2. The van der Waals surface area contributed by atoms with Gasteiger partial charge < -0.3 is 4.74 Å². The largest absolute Gasteiger partial charge is 0.479 e. The van der Waals surface area contributed by atoms with Gasteiger partial charge in [-0.2, -0.15) is 5.10 Å². The second kappa shape index (κ2) is 9.60. The van der Waals surface area contributed by atoms with Crippen molar-refractivity contribution >= 4 is 34.8 Å². The Balaban J connectivity index is 1.96. The predicted octanol–water partition coefficient (Wildman–Crippen LogP) is 5.25. The molecular weight excluding hydrogens is 371 g/mol. The summed E-state index contributed by atoms with van der Waals surface area (Å²) in [4.78, 5) is 12.2. The maximum Gasteiger partial charge on any atom is 0.280 e. The van der Waals surface area contributed by atoms with Crippen LogP contribution < -0.4 is 10.2 Å². The first-order chi connectivity index (χ1) is 12.4. The Morgan fingerprint density at radius 3 is 2.50 bits per heavy atom. The number of benzene rings is 2. The third-order valence-corrected chi connectivity index (χ3v) is 4.34. The van der Waals surface area contributed by atoms with Crippen LogP contribution >= 0.6 is 23.2 Å². The van der Waals surface area contributed by atoms with Crippen molar-refractivity contribution in [3.8, 4) is 5.75 Å². The van der Waals surface area contributed by atoms with Gasteiger partial charge in [-0.1, -0.05) is 60.8 Å². The van der Waals surface area contributed by atoms with E-state index in [1.165, 1.54) is 5.56 Å². The number of ether oxygens (including phenoxy) is 1. The van der Waals surface area contributed by atoms with Gasteiger partial charge >= 0.3 is 0 Å². The Morgan fingerprint density at radius 2 is 1.88 bits per heavy atom. The standard InChI is InChI=1S/C20H22Cl2N2O2/c1-4-5-15-6-8-16(9-7-15)13(2)23-24-20(25)14(3)26-19-11-10-17(21)12-18(19)22/h6-12,14H,4-5H2,1-3H3,(H,24,25)/b23-13+. The van der Waals surface area contributed by atoms with E-state index in [4.69, 9.17) is 27.9 Å². The number of halogens is 2. The minimum absolute atomic E-state index is 0.351. The summed E-state index contributed by atoms with van der Waals surface area (Å²) in [5.41, 5.74) is 5.49. The topological polar surface area (TPSA) is 50.7 Å². The van der Waals surface area contributed by atoms with Crippen LogP contribution in [0.3, 0.4) is 0 Å². The van der Waals surface area contributed by atoms with E-state index in [1.807, 2.05) is 19.1 Å². The highest BCUT2D eigenvalue weighted by atomic mass is 35.5. The van der Waals surface area contributed by atoms with Crippen LogP contribution in [0.1, 0.15) is 38.3 Å². The van der Waals surface area contributed by atoms with Gasteiger partial charge in [-0.05, 0) is 49.6 Å². The molecule has 1 amide bonds. The number of rotatable bonds is 7. The fourth-order valence-electron chi connectivity index (χ4n) is 2.31. The Morgan fingerprint density at radius 1 is 1.19 bits per heavy atom. The number of hydrazone groups is 1. The molecule has 2 aromatic rings. The molecule has 0 aliphatic carbocycles. The highest BCUT2D eigenvalue weighted by Gasteiger charge is 2.16. The van der Waals surface area contributed by atoms with Gasteiger partial charge in [-0.3, -0.25) is 4.79 Å². The van der Waals surface area contributed by atoms with Crippen molar-refractivity contribution in [3.63, 3.8) is 0 Å². The smallest absolute Gasteiger partial charge is 0.280 e. The molecule has 0 heterocycles. The monoisotopic (exact) mass is 392 g/mol. The number of amides is 1. The summed E-state index contributed by atoms with van der Waals surface area (Å²) in [5, 5.41) is 5.01. The molecule has 0 radical (unpaired) electrons. The van der Waals surface area contributed by atoms with Gasteiger partial charge in [-0.15, -0.1) is 0 Å². The maximum absolute atomic E-state index is 12.2. The number of nitrogens with zero attached hydrogens (tertiary/aromatic N) is 1. The molecule has 0 aliphatic heterocycles. The number of carbonyl (C=O) groups excluding carboxylic acids is 1. The normalized spacial score (nSPS) is 12.6. The average Bonchev–Trinajstić information content (AvgIpc) is 2.62. The van der Waals surface area contributed by atoms with Gasteiger partial charge in [0.05, 0.1) is 10.7 Å². The predicted molar refractivity (Wildman–Crippen MR) is 107 cm³/mol. The van der Waals surface area contributed by atoms with Crippen LogP contribution in [-0.4, -0.2) is 17.7 Å². The Bertz CT molecular complexity index is 789. The Labute approximate surface area is 164 Å². The molecular formula is C20H22Cl2N2O2. The number of hydrogen-bond donors (Lipinski definition) is 1. The SMILES string of the molecule is CCCc1ccc(/C(C)=N/NC(=O)C(C)Oc2ccc(Cl)cc2Cl)cc1. The molecule has 26 heavy (non-hydrogen) atoms. The van der Waals surface area contributed by atoms with E-state index in [9.17, 15) is 4.79 Å². The average molecular weight is 393 g/mol. The molecule has 0 saturated carbocycles. The number of hydrogen-bond acceptors (Lipinski definition) is 3. The zero-order chi connectivity index (χ0) is 19.1. The molecule has 1 atom stereocenters. The molecule has 1 N–H and O–H groups in total. The van der Waals surface area contributed by atoms with Gasteiger partial charge in [-0.25, -0.2) is 5.43 Å². The molecule has 0 bridgehead atoms. The van der Waals surface area contributed by atoms with Crippen molar-refractivity contribution in [3.05, 3.63) is 63.6 Å². The first-order valence-corrected chi connectivity index (χ1v) is 9.21. The van der Waals surface area contributed by atoms with Gasteiger partial charge in [0.2, 0.25) is 0 Å². The lowest BCUT2D eigenvalue weighted by molar-refractivity contribution is -0.127. The van der Waals surface area contributed by atoms with Crippen LogP contribution in [0.4, 0.5) is 0 Å². The van der Waals surface area contributed by atoms with Crippen LogP contribution in [0.15, 0.2) is 47.6 Å². The van der Waals surface area contributed by atoms with Gasteiger partial charge in [0, 0.05) is 5.02 Å². The molecule has 0 spiro atoms. The summed E-state index contributed by atoms with van der Waals surface area (Å²) in [6, 6.07) is 13.0. The van der Waals surface area contributed by atoms with E-state index in [1.54, 1.807) is 25.1 Å². The molecule has 1 unspecified atom stereocenters. The van der Waals surface area contributed by atoms with Crippen molar-refractivity contribution in [1.82, 2.24) is 5.43 Å². The van der Waals surface area contributed by atoms with E-state index in [-0.39, 0.29) is 5.91 Å². The van der Waals surface area contributed by atoms with Crippen LogP contribution in [-0.2, 0) is 11.2 Å². The number of carbonyl (C=O) groups is 1. The molecule has 6 heteroatoms. The van der Waals surface area contributed by atoms with Crippen LogP contribution in [0.25, 0.3) is 0 Å². The fraction of sp³-hybridized carbons (Fsp3) is 0.300. The molecule has 0 fully saturated rings. The van der Waals surface area contributed by atoms with Crippen LogP contribution in [0.2, 0.25) is 10.0 Å². The highest BCUT2D eigenvalue weighted by molar-refractivity contribution is 6.35. The minimum atomic E-state index is -0.753. The zero-order valence-electron chi connectivity index (χ0n) is 15.1. The second-order valence-electron chi connectivity index (χ2n) is 5.96. The third kappa shape index (κ3) is 5.75. The Kier molecular flexibility index (Phi) is 7.49. The zero-order valence-corrected chi connectivity index (χ0v) is 16.6. The fourth-order valence-corrected chi connectivity index (χ4v) is 2.76. The Hall–Kier alpha value is -2.04. The van der Waals surface area contributed by atoms with Gasteiger partial charge in [0.25, 0.3) is 5.91 Å².